The van der Waals surface area contributed by atoms with Crippen LogP contribution in [-0.4, -0.2) is 69.2 Å². The molecule has 1 heterocycles. The highest BCUT2D eigenvalue weighted by Crippen LogP contribution is 2.29. The largest absolute Gasteiger partial charge is 0.496 e. The fourth-order valence-corrected chi connectivity index (χ4v) is 2.58. The Morgan fingerprint density at radius 2 is 1.71 bits per heavy atom. The third kappa shape index (κ3) is 3.46. The number of hydrogen-bond donors (Lipinski definition) is 1. The summed E-state index contributed by atoms with van der Waals surface area (Å²) in [5, 5.41) is 0. The third-order valence-electron chi connectivity index (χ3n) is 3.75. The van der Waals surface area contributed by atoms with E-state index in [9.17, 15) is 4.79 Å². The monoisotopic (exact) mass is 293 g/mol. The Labute approximate surface area is 125 Å². The van der Waals surface area contributed by atoms with Crippen LogP contribution in [0.5, 0.6) is 11.5 Å². The second kappa shape index (κ2) is 7.28. The van der Waals surface area contributed by atoms with Gasteiger partial charge in [-0.15, -0.1) is 0 Å². The van der Waals surface area contributed by atoms with Crippen molar-refractivity contribution in [1.29, 1.82) is 0 Å². The molecule has 1 aliphatic heterocycles. The van der Waals surface area contributed by atoms with Gasteiger partial charge in [-0.05, 0) is 12.1 Å². The van der Waals surface area contributed by atoms with E-state index in [2.05, 4.69) is 4.90 Å². The first kappa shape index (κ1) is 15.6. The maximum absolute atomic E-state index is 12.7. The van der Waals surface area contributed by atoms with Gasteiger partial charge in [-0.2, -0.15) is 0 Å². The molecule has 0 aromatic heterocycles. The summed E-state index contributed by atoms with van der Waals surface area (Å²) in [4.78, 5) is 16.9. The lowest BCUT2D eigenvalue weighted by molar-refractivity contribution is 0.0634. The SMILES string of the molecule is COc1cccc(OC)c1C(=O)N1CCN(CCN)CC1. The second-order valence-corrected chi connectivity index (χ2v) is 4.96. The number of carbonyl (C=O) groups excluding carboxylic acids is 1. The fourth-order valence-electron chi connectivity index (χ4n) is 2.58. The minimum absolute atomic E-state index is 0.0447. The van der Waals surface area contributed by atoms with E-state index in [-0.39, 0.29) is 5.91 Å². The van der Waals surface area contributed by atoms with Gasteiger partial charge < -0.3 is 20.1 Å². The van der Waals surface area contributed by atoms with Crippen molar-refractivity contribution in [3.63, 3.8) is 0 Å². The van der Waals surface area contributed by atoms with Crippen LogP contribution >= 0.6 is 0 Å². The standard InChI is InChI=1S/C15H23N3O3/c1-20-12-4-3-5-13(21-2)14(12)15(19)18-10-8-17(7-6-16)9-11-18/h3-5H,6-11,16H2,1-2H3. The Balaban J connectivity index is 2.14. The highest BCUT2D eigenvalue weighted by atomic mass is 16.5. The van der Waals surface area contributed by atoms with Crippen molar-refractivity contribution in [2.75, 3.05) is 53.5 Å². The predicted molar refractivity (Wildman–Crippen MR) is 80.9 cm³/mol. The van der Waals surface area contributed by atoms with E-state index in [0.29, 0.717) is 36.7 Å². The smallest absolute Gasteiger partial charge is 0.261 e. The van der Waals surface area contributed by atoms with Crippen molar-refractivity contribution < 1.29 is 14.3 Å². The van der Waals surface area contributed by atoms with Gasteiger partial charge in [-0.25, -0.2) is 0 Å². The number of nitrogens with zero attached hydrogens (tertiary/aromatic N) is 2. The summed E-state index contributed by atoms with van der Waals surface area (Å²) in [6.45, 7) is 4.61. The quantitative estimate of drug-likeness (QED) is 0.852. The van der Waals surface area contributed by atoms with E-state index < -0.39 is 0 Å². The zero-order valence-corrected chi connectivity index (χ0v) is 12.7. The molecular formula is C15H23N3O3. The molecule has 0 saturated carbocycles. The number of amides is 1. The van der Waals surface area contributed by atoms with Crippen molar-refractivity contribution >= 4 is 5.91 Å². The van der Waals surface area contributed by atoms with E-state index >= 15 is 0 Å². The molecular weight excluding hydrogens is 270 g/mol. The Morgan fingerprint density at radius 1 is 1.14 bits per heavy atom. The van der Waals surface area contributed by atoms with Crippen molar-refractivity contribution in [3.05, 3.63) is 23.8 Å². The molecule has 0 atom stereocenters. The van der Waals surface area contributed by atoms with Crippen molar-refractivity contribution in [3.8, 4) is 11.5 Å². The molecule has 1 amide bonds. The van der Waals surface area contributed by atoms with Crippen LogP contribution in [0, 0.1) is 0 Å². The summed E-state index contributed by atoms with van der Waals surface area (Å²) < 4.78 is 10.6. The summed E-state index contributed by atoms with van der Waals surface area (Å²) in [5.74, 6) is 1.05. The van der Waals surface area contributed by atoms with E-state index in [1.165, 1.54) is 0 Å². The predicted octanol–water partition coefficient (Wildman–Crippen LogP) is 0.420. The Hall–Kier alpha value is -1.79. The van der Waals surface area contributed by atoms with Gasteiger partial charge in [0.2, 0.25) is 0 Å². The first-order chi connectivity index (χ1) is 10.2. The van der Waals surface area contributed by atoms with E-state index in [1.807, 2.05) is 11.0 Å². The van der Waals surface area contributed by atoms with Crippen molar-refractivity contribution in [2.24, 2.45) is 5.73 Å². The van der Waals surface area contributed by atoms with Crippen LogP contribution in [-0.2, 0) is 0 Å². The average molecular weight is 293 g/mol. The number of benzene rings is 1. The molecule has 0 radical (unpaired) electrons. The lowest BCUT2D eigenvalue weighted by atomic mass is 10.1. The van der Waals surface area contributed by atoms with Crippen LogP contribution < -0.4 is 15.2 Å². The van der Waals surface area contributed by atoms with Crippen molar-refractivity contribution in [1.82, 2.24) is 9.80 Å². The number of methoxy groups -OCH3 is 2. The molecule has 1 aromatic rings. The number of ether oxygens (including phenoxy) is 2. The lowest BCUT2D eigenvalue weighted by Gasteiger charge is -2.34. The average Bonchev–Trinajstić information content (AvgIpc) is 2.54. The number of nitrogens with two attached hydrogens (primary N) is 1. The highest BCUT2D eigenvalue weighted by Gasteiger charge is 2.26. The van der Waals surface area contributed by atoms with Gasteiger partial charge in [-0.1, -0.05) is 6.07 Å². The Morgan fingerprint density at radius 3 is 2.19 bits per heavy atom. The zero-order valence-electron chi connectivity index (χ0n) is 12.7. The van der Waals surface area contributed by atoms with Gasteiger partial charge in [0.25, 0.3) is 5.91 Å². The maximum atomic E-state index is 12.7. The first-order valence-corrected chi connectivity index (χ1v) is 7.14. The molecule has 1 fully saturated rings. The van der Waals surface area contributed by atoms with Gasteiger partial charge in [0.15, 0.2) is 0 Å². The maximum Gasteiger partial charge on any atom is 0.261 e. The summed E-state index contributed by atoms with van der Waals surface area (Å²) in [5.41, 5.74) is 6.06. The molecule has 2 rings (SSSR count). The molecule has 1 saturated heterocycles. The van der Waals surface area contributed by atoms with Gasteiger partial charge >= 0.3 is 0 Å². The van der Waals surface area contributed by atoms with Crippen LogP contribution in [0.1, 0.15) is 10.4 Å². The molecule has 0 aliphatic carbocycles. The summed E-state index contributed by atoms with van der Waals surface area (Å²) in [6, 6.07) is 5.37. The molecule has 1 aliphatic rings. The molecule has 0 bridgehead atoms. The second-order valence-electron chi connectivity index (χ2n) is 4.96. The van der Waals surface area contributed by atoms with Crippen molar-refractivity contribution in [2.45, 2.75) is 0 Å². The number of hydrogen-bond acceptors (Lipinski definition) is 5. The van der Waals surface area contributed by atoms with Gasteiger partial charge in [0, 0.05) is 39.3 Å². The van der Waals surface area contributed by atoms with E-state index in [4.69, 9.17) is 15.2 Å². The normalized spacial score (nSPS) is 15.9. The molecule has 0 unspecified atom stereocenters. The van der Waals surface area contributed by atoms with Crippen LogP contribution in [0.15, 0.2) is 18.2 Å². The summed E-state index contributed by atoms with van der Waals surface area (Å²) >= 11 is 0. The van der Waals surface area contributed by atoms with Crippen LogP contribution in [0.4, 0.5) is 0 Å². The van der Waals surface area contributed by atoms with E-state index in [1.54, 1.807) is 26.4 Å². The summed E-state index contributed by atoms with van der Waals surface area (Å²) in [6.07, 6.45) is 0. The van der Waals surface area contributed by atoms with Gasteiger partial charge in [0.05, 0.1) is 14.2 Å². The molecule has 1 aromatic carbocycles. The molecule has 116 valence electrons. The molecule has 21 heavy (non-hydrogen) atoms. The summed E-state index contributed by atoms with van der Waals surface area (Å²) in [7, 11) is 3.12. The Bertz CT molecular complexity index is 463. The van der Waals surface area contributed by atoms with Crippen LogP contribution in [0.2, 0.25) is 0 Å². The first-order valence-electron chi connectivity index (χ1n) is 7.14. The minimum Gasteiger partial charge on any atom is -0.496 e. The zero-order chi connectivity index (χ0) is 15.2. The topological polar surface area (TPSA) is 68.0 Å². The highest BCUT2D eigenvalue weighted by molar-refractivity contribution is 5.99. The number of carbonyl (C=O) groups is 1. The van der Waals surface area contributed by atoms with Crippen LogP contribution in [0.25, 0.3) is 0 Å². The third-order valence-corrected chi connectivity index (χ3v) is 3.75. The van der Waals surface area contributed by atoms with Gasteiger partial charge in [-0.3, -0.25) is 9.69 Å². The number of rotatable bonds is 5. The van der Waals surface area contributed by atoms with E-state index in [0.717, 1.165) is 19.6 Å². The number of piperazine rings is 1. The Kier molecular flexibility index (Phi) is 5.41. The molecule has 6 nitrogen and oxygen atoms in total. The molecule has 2 N–H and O–H groups in total. The fraction of sp³-hybridized carbons (Fsp3) is 0.533. The molecule has 0 spiro atoms. The van der Waals surface area contributed by atoms with Gasteiger partial charge in [0.1, 0.15) is 17.1 Å². The van der Waals surface area contributed by atoms with Crippen LogP contribution in [0.3, 0.4) is 0 Å². The lowest BCUT2D eigenvalue weighted by Crippen LogP contribution is -2.49. The molecule has 6 heteroatoms. The minimum atomic E-state index is -0.0447.